The minimum atomic E-state index is -0.751. The summed E-state index contributed by atoms with van der Waals surface area (Å²) in [5, 5.41) is 19.8. The fraction of sp³-hybridized carbons (Fsp3) is 0.304. The molecular weight excluding hydrogens is 386 g/mol. The lowest BCUT2D eigenvalue weighted by molar-refractivity contribution is -0.140. The number of aliphatic hydroxyl groups excluding tert-OH is 2. The van der Waals surface area contributed by atoms with Crippen molar-refractivity contribution >= 4 is 17.4 Å². The summed E-state index contributed by atoms with van der Waals surface area (Å²) in [4.78, 5) is 27.0. The number of carbonyl (C=O) groups is 2. The summed E-state index contributed by atoms with van der Waals surface area (Å²) >= 11 is 0. The number of ketones is 1. The largest absolute Gasteiger partial charge is 0.507 e. The third-order valence-corrected chi connectivity index (χ3v) is 4.81. The number of aliphatic hydroxyl groups is 2. The zero-order valence-corrected chi connectivity index (χ0v) is 16.8. The topological polar surface area (TPSA) is 96.3 Å². The van der Waals surface area contributed by atoms with Crippen LogP contribution in [-0.2, 0) is 14.3 Å². The Kier molecular flexibility index (Phi) is 7.21. The van der Waals surface area contributed by atoms with Crippen molar-refractivity contribution < 1.29 is 29.3 Å². The quantitative estimate of drug-likeness (QED) is 0.285. The Morgan fingerprint density at radius 1 is 1.03 bits per heavy atom. The molecule has 0 spiro atoms. The van der Waals surface area contributed by atoms with Gasteiger partial charge in [0.1, 0.15) is 11.5 Å². The lowest BCUT2D eigenvalue weighted by atomic mass is 9.95. The third-order valence-electron chi connectivity index (χ3n) is 4.81. The van der Waals surface area contributed by atoms with Crippen LogP contribution in [0.15, 0.2) is 60.2 Å². The minimum Gasteiger partial charge on any atom is -0.507 e. The predicted octanol–water partition coefficient (Wildman–Crippen LogP) is 2.52. The average molecular weight is 411 g/mol. The molecule has 1 heterocycles. The summed E-state index contributed by atoms with van der Waals surface area (Å²) in [5.41, 5.74) is 1.18. The van der Waals surface area contributed by atoms with Crippen LogP contribution in [0.25, 0.3) is 5.76 Å². The molecule has 30 heavy (non-hydrogen) atoms. The van der Waals surface area contributed by atoms with Crippen molar-refractivity contribution in [1.29, 1.82) is 0 Å². The Balaban J connectivity index is 2.02. The van der Waals surface area contributed by atoms with Crippen LogP contribution in [0, 0.1) is 0 Å². The van der Waals surface area contributed by atoms with E-state index in [0.29, 0.717) is 23.5 Å². The van der Waals surface area contributed by atoms with E-state index in [1.165, 1.54) is 4.90 Å². The Bertz CT molecular complexity index is 907. The second-order valence-corrected chi connectivity index (χ2v) is 6.70. The molecule has 1 aliphatic rings. The smallest absolute Gasteiger partial charge is 0.295 e. The Labute approximate surface area is 175 Å². The van der Waals surface area contributed by atoms with Crippen molar-refractivity contribution in [2.24, 2.45) is 0 Å². The summed E-state index contributed by atoms with van der Waals surface area (Å²) in [6.45, 7) is 2.72. The number of hydrogen-bond donors (Lipinski definition) is 2. The van der Waals surface area contributed by atoms with Gasteiger partial charge in [-0.05, 0) is 24.6 Å². The highest BCUT2D eigenvalue weighted by atomic mass is 16.5. The number of amides is 1. The molecule has 0 saturated carbocycles. The summed E-state index contributed by atoms with van der Waals surface area (Å²) in [7, 11) is 0. The van der Waals surface area contributed by atoms with E-state index in [0.717, 1.165) is 0 Å². The van der Waals surface area contributed by atoms with Gasteiger partial charge in [-0.15, -0.1) is 0 Å². The fourth-order valence-corrected chi connectivity index (χ4v) is 3.45. The summed E-state index contributed by atoms with van der Waals surface area (Å²) in [6.07, 6.45) is 0. The molecule has 0 radical (unpaired) electrons. The first-order chi connectivity index (χ1) is 14.6. The van der Waals surface area contributed by atoms with Crippen molar-refractivity contribution in [2.45, 2.75) is 13.0 Å². The lowest BCUT2D eigenvalue weighted by Gasteiger charge is -2.25. The van der Waals surface area contributed by atoms with E-state index in [9.17, 15) is 14.7 Å². The van der Waals surface area contributed by atoms with E-state index in [2.05, 4.69) is 0 Å². The molecule has 0 aliphatic carbocycles. The maximum atomic E-state index is 12.9. The van der Waals surface area contributed by atoms with Gasteiger partial charge in [0.2, 0.25) is 0 Å². The highest BCUT2D eigenvalue weighted by Gasteiger charge is 2.45. The molecule has 2 aromatic carbocycles. The molecule has 0 bridgehead atoms. The van der Waals surface area contributed by atoms with Crippen LogP contribution >= 0.6 is 0 Å². The maximum Gasteiger partial charge on any atom is 0.295 e. The molecule has 1 fully saturated rings. The van der Waals surface area contributed by atoms with Gasteiger partial charge in [0.15, 0.2) is 0 Å². The highest BCUT2D eigenvalue weighted by molar-refractivity contribution is 6.46. The fourth-order valence-electron chi connectivity index (χ4n) is 3.45. The number of rotatable bonds is 9. The Hall–Kier alpha value is -3.16. The van der Waals surface area contributed by atoms with E-state index in [1.807, 2.05) is 6.92 Å². The molecule has 2 N–H and O–H groups in total. The number of hydrogen-bond acceptors (Lipinski definition) is 6. The van der Waals surface area contributed by atoms with Crippen molar-refractivity contribution in [1.82, 2.24) is 4.90 Å². The predicted molar refractivity (Wildman–Crippen MR) is 111 cm³/mol. The van der Waals surface area contributed by atoms with Crippen LogP contribution in [0.2, 0.25) is 0 Å². The normalized spacial score (nSPS) is 18.1. The van der Waals surface area contributed by atoms with E-state index in [-0.39, 0.29) is 37.7 Å². The number of Topliss-reactive ketones (excluding diaryl/α,β-unsaturated/α-hetero) is 1. The maximum absolute atomic E-state index is 12.9. The molecule has 3 rings (SSSR count). The summed E-state index contributed by atoms with van der Waals surface area (Å²) in [5.74, 6) is -0.976. The number of nitrogens with zero attached hydrogens (tertiary/aromatic N) is 1. The molecule has 7 heteroatoms. The first-order valence-corrected chi connectivity index (χ1v) is 9.83. The van der Waals surface area contributed by atoms with Gasteiger partial charge < -0.3 is 24.6 Å². The van der Waals surface area contributed by atoms with E-state index in [1.54, 1.807) is 54.6 Å². The van der Waals surface area contributed by atoms with E-state index >= 15 is 0 Å². The van der Waals surface area contributed by atoms with E-state index in [4.69, 9.17) is 14.6 Å². The van der Waals surface area contributed by atoms with Gasteiger partial charge in [-0.25, -0.2) is 0 Å². The van der Waals surface area contributed by atoms with Gasteiger partial charge in [0, 0.05) is 12.1 Å². The number of carbonyl (C=O) groups excluding carboxylic acids is 2. The van der Waals surface area contributed by atoms with E-state index < -0.39 is 17.7 Å². The lowest BCUT2D eigenvalue weighted by Crippen LogP contribution is -2.33. The van der Waals surface area contributed by atoms with Gasteiger partial charge in [-0.2, -0.15) is 0 Å². The number of benzene rings is 2. The van der Waals surface area contributed by atoms with Gasteiger partial charge >= 0.3 is 0 Å². The third kappa shape index (κ3) is 4.53. The molecular formula is C23H25NO6. The van der Waals surface area contributed by atoms with Crippen LogP contribution in [0.5, 0.6) is 5.75 Å². The van der Waals surface area contributed by atoms with Crippen LogP contribution in [0.1, 0.15) is 24.1 Å². The zero-order valence-electron chi connectivity index (χ0n) is 16.8. The molecule has 1 unspecified atom stereocenters. The SMILES string of the molecule is CCOc1ccc(C2C(=C(O)c3ccccc3)C(=O)C(=O)N2CCOCCO)cc1. The molecule has 158 valence electrons. The standard InChI is InChI=1S/C23H25NO6/c1-2-30-18-10-8-16(9-11-18)20-19(21(26)17-6-4-3-5-7-17)22(27)23(28)24(20)12-14-29-15-13-25/h3-11,20,25-26H,2,12-15H2,1H3. The molecule has 2 aromatic rings. The van der Waals surface area contributed by atoms with Gasteiger partial charge in [0.05, 0.1) is 38.0 Å². The first-order valence-electron chi connectivity index (χ1n) is 9.83. The zero-order chi connectivity index (χ0) is 21.5. The van der Waals surface area contributed by atoms with Crippen LogP contribution in [-0.4, -0.2) is 59.8 Å². The number of likely N-dealkylation sites (tertiary alicyclic amines) is 1. The Morgan fingerprint density at radius 3 is 2.37 bits per heavy atom. The second-order valence-electron chi connectivity index (χ2n) is 6.70. The van der Waals surface area contributed by atoms with Crippen LogP contribution in [0.3, 0.4) is 0 Å². The molecule has 1 amide bonds. The van der Waals surface area contributed by atoms with Crippen LogP contribution in [0.4, 0.5) is 0 Å². The highest BCUT2D eigenvalue weighted by Crippen LogP contribution is 2.39. The Morgan fingerprint density at radius 2 is 1.73 bits per heavy atom. The number of ether oxygens (including phenoxy) is 2. The molecule has 0 aromatic heterocycles. The molecule has 7 nitrogen and oxygen atoms in total. The summed E-state index contributed by atoms with van der Waals surface area (Å²) in [6, 6.07) is 15.0. The van der Waals surface area contributed by atoms with Crippen LogP contribution < -0.4 is 4.74 Å². The van der Waals surface area contributed by atoms with Gasteiger partial charge in [0.25, 0.3) is 11.7 Å². The van der Waals surface area contributed by atoms with Gasteiger partial charge in [-0.1, -0.05) is 42.5 Å². The monoisotopic (exact) mass is 411 g/mol. The van der Waals surface area contributed by atoms with Crippen molar-refractivity contribution in [3.05, 3.63) is 71.3 Å². The molecule has 1 saturated heterocycles. The molecule has 1 atom stereocenters. The minimum absolute atomic E-state index is 0.0394. The average Bonchev–Trinajstić information content (AvgIpc) is 3.02. The van der Waals surface area contributed by atoms with Crippen molar-refractivity contribution in [3.8, 4) is 5.75 Å². The van der Waals surface area contributed by atoms with Gasteiger partial charge in [-0.3, -0.25) is 9.59 Å². The summed E-state index contributed by atoms with van der Waals surface area (Å²) < 4.78 is 10.8. The van der Waals surface area contributed by atoms with Crippen molar-refractivity contribution in [3.63, 3.8) is 0 Å². The van der Waals surface area contributed by atoms with Crippen molar-refractivity contribution in [2.75, 3.05) is 33.0 Å². The molecule has 1 aliphatic heterocycles. The second kappa shape index (κ2) is 10.0. The first kappa shape index (κ1) is 21.5.